The van der Waals surface area contributed by atoms with Crippen LogP contribution >= 0.6 is 11.8 Å². The molecule has 6 nitrogen and oxygen atoms in total. The maximum atomic E-state index is 13.5. The van der Waals surface area contributed by atoms with Crippen LogP contribution in [0.25, 0.3) is 0 Å². The molecule has 27 heavy (non-hydrogen) atoms. The Bertz CT molecular complexity index is 836. The summed E-state index contributed by atoms with van der Waals surface area (Å²) in [4.78, 5) is 26.2. The molecule has 1 aliphatic heterocycles. The third-order valence-electron chi connectivity index (χ3n) is 4.13. The Morgan fingerprint density at radius 2 is 2.07 bits per heavy atom. The van der Waals surface area contributed by atoms with Crippen molar-refractivity contribution >= 4 is 17.7 Å². The van der Waals surface area contributed by atoms with Gasteiger partial charge >= 0.3 is 0 Å². The summed E-state index contributed by atoms with van der Waals surface area (Å²) in [5.74, 6) is 1.87. The molecule has 0 saturated carbocycles. The van der Waals surface area contributed by atoms with Crippen molar-refractivity contribution in [3.8, 4) is 5.75 Å². The maximum Gasteiger partial charge on any atom is 0.258 e. The molecule has 1 fully saturated rings. The molecule has 144 valence electrons. The number of benzene rings is 1. The van der Waals surface area contributed by atoms with Crippen LogP contribution < -0.4 is 15.5 Å². The Kier molecular flexibility index (Phi) is 6.89. The monoisotopic (exact) mass is 392 g/mol. The van der Waals surface area contributed by atoms with E-state index in [0.717, 1.165) is 24.6 Å². The topological polar surface area (TPSA) is 71.8 Å². The lowest BCUT2D eigenvalue weighted by Crippen LogP contribution is -2.32. The largest absolute Gasteiger partial charge is 0.477 e. The van der Waals surface area contributed by atoms with Crippen LogP contribution in [-0.4, -0.2) is 42.0 Å². The summed E-state index contributed by atoms with van der Waals surface area (Å²) in [6.07, 6.45) is 1.24. The first-order valence-electron chi connectivity index (χ1n) is 8.66. The molecule has 0 unspecified atom stereocenters. The molecule has 0 bridgehead atoms. The minimum atomic E-state index is -0.451. The standard InChI is InChI=1S/C19H21FN2O4S/c20-16-4-2-1-3-14(16)10-21-19(24)13-26-18-12-25-15(9-17(18)23)11-22-5-7-27-8-6-22/h1-4,9,12H,5-8,10-11,13H2,(H,21,24). The number of halogens is 1. The third kappa shape index (κ3) is 5.83. The number of nitrogens with one attached hydrogen (secondary N) is 1. The first kappa shape index (κ1) is 19.4. The Morgan fingerprint density at radius 1 is 1.30 bits per heavy atom. The fourth-order valence-electron chi connectivity index (χ4n) is 2.64. The number of hydrogen-bond donors (Lipinski definition) is 1. The van der Waals surface area contributed by atoms with Crippen LogP contribution in [0.4, 0.5) is 4.39 Å². The molecule has 3 rings (SSSR count). The van der Waals surface area contributed by atoms with Crippen molar-refractivity contribution in [2.24, 2.45) is 0 Å². The smallest absolute Gasteiger partial charge is 0.258 e. The highest BCUT2D eigenvalue weighted by atomic mass is 32.2. The van der Waals surface area contributed by atoms with Gasteiger partial charge in [-0.3, -0.25) is 14.5 Å². The minimum Gasteiger partial charge on any atom is -0.477 e. The van der Waals surface area contributed by atoms with Crippen LogP contribution in [0.2, 0.25) is 0 Å². The zero-order chi connectivity index (χ0) is 19.1. The molecule has 1 N–H and O–H groups in total. The van der Waals surface area contributed by atoms with Gasteiger partial charge in [-0.25, -0.2) is 4.39 Å². The van der Waals surface area contributed by atoms with E-state index in [-0.39, 0.29) is 30.1 Å². The maximum absolute atomic E-state index is 13.5. The molecule has 0 aliphatic carbocycles. The molecule has 1 aromatic heterocycles. The van der Waals surface area contributed by atoms with Gasteiger partial charge in [0.25, 0.3) is 5.91 Å². The number of amides is 1. The average molecular weight is 392 g/mol. The van der Waals surface area contributed by atoms with Gasteiger partial charge in [-0.15, -0.1) is 0 Å². The summed E-state index contributed by atoms with van der Waals surface area (Å²) in [5.41, 5.74) is 0.0513. The number of carbonyl (C=O) groups excluding carboxylic acids is 1. The van der Waals surface area contributed by atoms with Crippen LogP contribution in [-0.2, 0) is 17.9 Å². The predicted octanol–water partition coefficient (Wildman–Crippen LogP) is 2.02. The summed E-state index contributed by atoms with van der Waals surface area (Å²) < 4.78 is 24.2. The highest BCUT2D eigenvalue weighted by Crippen LogP contribution is 2.13. The number of carbonyl (C=O) groups is 1. The molecule has 0 atom stereocenters. The minimum absolute atomic E-state index is 0.0195. The predicted molar refractivity (Wildman–Crippen MR) is 101 cm³/mol. The zero-order valence-electron chi connectivity index (χ0n) is 14.8. The number of ether oxygens (including phenoxy) is 1. The van der Waals surface area contributed by atoms with Gasteiger partial charge in [-0.2, -0.15) is 11.8 Å². The molecule has 2 heterocycles. The molecule has 1 aromatic carbocycles. The Labute approximate surface area is 160 Å². The Morgan fingerprint density at radius 3 is 2.81 bits per heavy atom. The van der Waals surface area contributed by atoms with Gasteiger partial charge in [0.2, 0.25) is 11.2 Å². The highest BCUT2D eigenvalue weighted by Gasteiger charge is 2.14. The van der Waals surface area contributed by atoms with E-state index in [1.54, 1.807) is 18.2 Å². The molecule has 8 heteroatoms. The van der Waals surface area contributed by atoms with Gasteiger partial charge in [0.1, 0.15) is 17.8 Å². The summed E-state index contributed by atoms with van der Waals surface area (Å²) in [5, 5.41) is 2.55. The molecular weight excluding hydrogens is 371 g/mol. The van der Waals surface area contributed by atoms with E-state index in [0.29, 0.717) is 17.9 Å². The van der Waals surface area contributed by atoms with Crippen LogP contribution in [0.1, 0.15) is 11.3 Å². The molecule has 2 aromatic rings. The summed E-state index contributed by atoms with van der Waals surface area (Å²) in [6.45, 7) is 2.22. The highest BCUT2D eigenvalue weighted by molar-refractivity contribution is 7.99. The molecule has 0 spiro atoms. The van der Waals surface area contributed by atoms with E-state index in [2.05, 4.69) is 10.2 Å². The lowest BCUT2D eigenvalue weighted by Gasteiger charge is -2.25. The summed E-state index contributed by atoms with van der Waals surface area (Å²) >= 11 is 1.91. The number of rotatable bonds is 7. The molecule has 1 saturated heterocycles. The van der Waals surface area contributed by atoms with E-state index >= 15 is 0 Å². The van der Waals surface area contributed by atoms with Crippen LogP contribution in [0.15, 0.2) is 45.8 Å². The second kappa shape index (κ2) is 9.57. The van der Waals surface area contributed by atoms with Gasteiger partial charge in [0.05, 0.1) is 6.54 Å². The summed E-state index contributed by atoms with van der Waals surface area (Å²) in [7, 11) is 0. The van der Waals surface area contributed by atoms with Crippen molar-refractivity contribution in [2.45, 2.75) is 13.1 Å². The van der Waals surface area contributed by atoms with Crippen molar-refractivity contribution in [2.75, 3.05) is 31.2 Å². The van der Waals surface area contributed by atoms with Gasteiger partial charge in [0, 0.05) is 42.8 Å². The molecule has 1 aliphatic rings. The lowest BCUT2D eigenvalue weighted by molar-refractivity contribution is -0.123. The first-order valence-corrected chi connectivity index (χ1v) is 9.82. The fraction of sp³-hybridized carbons (Fsp3) is 0.368. The van der Waals surface area contributed by atoms with E-state index < -0.39 is 5.91 Å². The van der Waals surface area contributed by atoms with Crippen LogP contribution in [0, 0.1) is 5.82 Å². The second-order valence-corrected chi connectivity index (χ2v) is 7.34. The van der Waals surface area contributed by atoms with Crippen LogP contribution in [0.3, 0.4) is 0 Å². The third-order valence-corrected chi connectivity index (χ3v) is 5.07. The van der Waals surface area contributed by atoms with E-state index in [1.165, 1.54) is 18.4 Å². The van der Waals surface area contributed by atoms with Crippen molar-refractivity contribution in [1.82, 2.24) is 10.2 Å². The number of hydrogen-bond acceptors (Lipinski definition) is 6. The van der Waals surface area contributed by atoms with E-state index in [1.807, 2.05) is 11.8 Å². The second-order valence-electron chi connectivity index (χ2n) is 6.12. The quantitative estimate of drug-likeness (QED) is 0.777. The van der Waals surface area contributed by atoms with Crippen molar-refractivity contribution < 1.29 is 18.3 Å². The van der Waals surface area contributed by atoms with Gasteiger partial charge in [0.15, 0.2) is 6.61 Å². The number of thioether (sulfide) groups is 1. The Hall–Kier alpha value is -2.32. The number of nitrogens with zero attached hydrogens (tertiary/aromatic N) is 1. The van der Waals surface area contributed by atoms with Crippen molar-refractivity contribution in [3.05, 3.63) is 64.0 Å². The van der Waals surface area contributed by atoms with Gasteiger partial charge in [-0.05, 0) is 6.07 Å². The SMILES string of the molecule is O=C(COc1coc(CN2CCSCC2)cc1=O)NCc1ccccc1F. The normalized spacial score (nSPS) is 14.7. The average Bonchev–Trinajstić information content (AvgIpc) is 2.67. The van der Waals surface area contributed by atoms with Crippen molar-refractivity contribution in [3.63, 3.8) is 0 Å². The molecule has 1 amide bonds. The first-order chi connectivity index (χ1) is 13.1. The zero-order valence-corrected chi connectivity index (χ0v) is 15.6. The van der Waals surface area contributed by atoms with Crippen LogP contribution in [0.5, 0.6) is 5.75 Å². The lowest BCUT2D eigenvalue weighted by atomic mass is 10.2. The van der Waals surface area contributed by atoms with E-state index in [9.17, 15) is 14.0 Å². The van der Waals surface area contributed by atoms with Gasteiger partial charge in [-0.1, -0.05) is 18.2 Å². The van der Waals surface area contributed by atoms with Crippen molar-refractivity contribution in [1.29, 1.82) is 0 Å². The molecular formula is C19H21FN2O4S. The fourth-order valence-corrected chi connectivity index (χ4v) is 3.61. The Balaban J connectivity index is 1.48. The van der Waals surface area contributed by atoms with Gasteiger partial charge < -0.3 is 14.5 Å². The summed E-state index contributed by atoms with van der Waals surface area (Å²) in [6, 6.07) is 7.58. The van der Waals surface area contributed by atoms with E-state index in [4.69, 9.17) is 9.15 Å². The molecule has 0 radical (unpaired) electrons.